The second-order valence-electron chi connectivity index (χ2n) is 8.74. The Bertz CT molecular complexity index is 1580. The van der Waals surface area contributed by atoms with E-state index in [-0.39, 0.29) is 0 Å². The number of fused-ring (bicyclic) bond motifs is 6. The third-order valence-electron chi connectivity index (χ3n) is 6.06. The largest absolute Gasteiger partial charge is 0.246 e. The van der Waals surface area contributed by atoms with Crippen LogP contribution in [0.5, 0.6) is 0 Å². The van der Waals surface area contributed by atoms with Crippen LogP contribution in [0.3, 0.4) is 0 Å². The molecule has 0 N–H and O–H groups in total. The van der Waals surface area contributed by atoms with Gasteiger partial charge in [0.15, 0.2) is 0 Å². The van der Waals surface area contributed by atoms with Crippen molar-refractivity contribution in [3.8, 4) is 11.3 Å². The van der Waals surface area contributed by atoms with Crippen LogP contribution in [-0.2, 0) is 6.42 Å². The molecule has 0 unspecified atom stereocenters. The fraction of sp³-hybridized carbons (Fsp3) is 0.138. The molecule has 1 nitrogen and oxygen atoms in total. The van der Waals surface area contributed by atoms with Crippen molar-refractivity contribution in [3.05, 3.63) is 90.5 Å². The Kier molecular flexibility index (Phi) is 4.29. The maximum atomic E-state index is 5.25. The summed E-state index contributed by atoms with van der Waals surface area (Å²) in [5.74, 6) is 0.634. The van der Waals surface area contributed by atoms with Crippen LogP contribution in [0.1, 0.15) is 19.4 Å². The lowest BCUT2D eigenvalue weighted by Gasteiger charge is -2.12. The van der Waals surface area contributed by atoms with E-state index in [4.69, 9.17) is 4.98 Å². The quantitative estimate of drug-likeness (QED) is 0.281. The van der Waals surface area contributed by atoms with E-state index in [2.05, 4.69) is 98.8 Å². The standard InChI is InChI=1S/C29H23NS/c1-18(2)16-19-14-15-25-24(17-19)27-23-11-5-6-13-26(23)31-29(27)28(30-25)22-12-7-9-20-8-3-4-10-21(20)22/h3-15,17-18H,16H2,1-2H3. The van der Waals surface area contributed by atoms with Crippen LogP contribution >= 0.6 is 11.3 Å². The molecule has 2 aromatic heterocycles. The summed E-state index contributed by atoms with van der Waals surface area (Å²) in [6.45, 7) is 4.56. The molecule has 2 heteroatoms. The zero-order valence-electron chi connectivity index (χ0n) is 17.7. The average Bonchev–Trinajstić information content (AvgIpc) is 3.18. The van der Waals surface area contributed by atoms with Crippen molar-refractivity contribution in [2.75, 3.05) is 0 Å². The van der Waals surface area contributed by atoms with Gasteiger partial charge in [0.1, 0.15) is 0 Å². The molecule has 6 rings (SSSR count). The van der Waals surface area contributed by atoms with E-state index in [0.717, 1.165) is 17.6 Å². The molecular formula is C29H23NS. The molecule has 4 aromatic carbocycles. The van der Waals surface area contributed by atoms with Gasteiger partial charge in [-0.2, -0.15) is 0 Å². The minimum Gasteiger partial charge on any atom is -0.246 e. The van der Waals surface area contributed by atoms with Crippen LogP contribution in [0.25, 0.3) is 53.1 Å². The van der Waals surface area contributed by atoms with E-state index in [1.54, 1.807) is 0 Å². The summed E-state index contributed by atoms with van der Waals surface area (Å²) in [6, 6.07) is 30.8. The van der Waals surface area contributed by atoms with E-state index in [0.29, 0.717) is 5.92 Å². The van der Waals surface area contributed by atoms with Gasteiger partial charge in [0.05, 0.1) is 15.9 Å². The highest BCUT2D eigenvalue weighted by molar-refractivity contribution is 7.26. The number of pyridine rings is 1. The number of hydrogen-bond donors (Lipinski definition) is 0. The van der Waals surface area contributed by atoms with Crippen LogP contribution in [-0.4, -0.2) is 4.98 Å². The number of thiophene rings is 1. The minimum atomic E-state index is 0.634. The van der Waals surface area contributed by atoms with E-state index >= 15 is 0 Å². The Hall–Kier alpha value is -3.23. The van der Waals surface area contributed by atoms with Crippen LogP contribution in [0.15, 0.2) is 84.9 Å². The van der Waals surface area contributed by atoms with Crippen LogP contribution in [0, 0.1) is 5.92 Å². The second kappa shape index (κ2) is 7.18. The topological polar surface area (TPSA) is 12.9 Å². The summed E-state index contributed by atoms with van der Waals surface area (Å²) < 4.78 is 2.61. The molecule has 0 spiro atoms. The first-order chi connectivity index (χ1) is 15.2. The van der Waals surface area contributed by atoms with Gasteiger partial charge in [0.25, 0.3) is 0 Å². The Balaban J connectivity index is 1.76. The Morgan fingerprint density at radius 1 is 0.774 bits per heavy atom. The van der Waals surface area contributed by atoms with Crippen molar-refractivity contribution in [1.82, 2.24) is 4.98 Å². The predicted octanol–water partition coefficient (Wildman–Crippen LogP) is 8.62. The summed E-state index contributed by atoms with van der Waals surface area (Å²) in [4.78, 5) is 5.25. The number of nitrogens with zero attached hydrogens (tertiary/aromatic N) is 1. The molecule has 150 valence electrons. The molecule has 2 heterocycles. The molecule has 0 fully saturated rings. The fourth-order valence-corrected chi connectivity index (χ4v) is 5.97. The predicted molar refractivity (Wildman–Crippen MR) is 136 cm³/mol. The highest BCUT2D eigenvalue weighted by Crippen LogP contribution is 2.44. The molecule has 0 saturated heterocycles. The monoisotopic (exact) mass is 417 g/mol. The maximum absolute atomic E-state index is 5.25. The number of aromatic nitrogens is 1. The molecule has 6 aromatic rings. The van der Waals surface area contributed by atoms with E-state index in [1.807, 2.05) is 11.3 Å². The second-order valence-corrected chi connectivity index (χ2v) is 9.79. The van der Waals surface area contributed by atoms with Crippen LogP contribution in [0.2, 0.25) is 0 Å². The third-order valence-corrected chi connectivity index (χ3v) is 7.24. The summed E-state index contributed by atoms with van der Waals surface area (Å²) >= 11 is 1.86. The van der Waals surface area contributed by atoms with E-state index < -0.39 is 0 Å². The first kappa shape index (κ1) is 18.5. The van der Waals surface area contributed by atoms with Gasteiger partial charge in [-0.15, -0.1) is 11.3 Å². The lowest BCUT2D eigenvalue weighted by atomic mass is 9.96. The lowest BCUT2D eigenvalue weighted by Crippen LogP contribution is -1.95. The van der Waals surface area contributed by atoms with Crippen LogP contribution < -0.4 is 0 Å². The van der Waals surface area contributed by atoms with Crippen molar-refractivity contribution in [2.24, 2.45) is 5.92 Å². The molecule has 0 saturated carbocycles. The molecular weight excluding hydrogens is 394 g/mol. The van der Waals surface area contributed by atoms with Crippen molar-refractivity contribution in [2.45, 2.75) is 20.3 Å². The molecule has 31 heavy (non-hydrogen) atoms. The summed E-state index contributed by atoms with van der Waals surface area (Å²) in [5, 5.41) is 6.46. The zero-order chi connectivity index (χ0) is 20.9. The van der Waals surface area contributed by atoms with Gasteiger partial charge in [-0.3, -0.25) is 0 Å². The van der Waals surface area contributed by atoms with E-state index in [1.165, 1.54) is 47.5 Å². The molecule has 0 aliphatic carbocycles. The third kappa shape index (κ3) is 3.02. The summed E-state index contributed by atoms with van der Waals surface area (Å²) in [6.07, 6.45) is 1.09. The van der Waals surface area contributed by atoms with Crippen molar-refractivity contribution in [1.29, 1.82) is 0 Å². The molecule has 0 bridgehead atoms. The average molecular weight is 418 g/mol. The highest BCUT2D eigenvalue weighted by atomic mass is 32.1. The zero-order valence-corrected chi connectivity index (χ0v) is 18.5. The minimum absolute atomic E-state index is 0.634. The van der Waals surface area contributed by atoms with Gasteiger partial charge in [0, 0.05) is 26.4 Å². The molecule has 0 atom stereocenters. The van der Waals surface area contributed by atoms with Gasteiger partial charge in [-0.05, 0) is 46.9 Å². The van der Waals surface area contributed by atoms with Crippen molar-refractivity contribution in [3.63, 3.8) is 0 Å². The molecule has 0 radical (unpaired) electrons. The number of benzene rings is 4. The first-order valence-electron chi connectivity index (χ1n) is 10.9. The Labute approximate surface area is 186 Å². The van der Waals surface area contributed by atoms with Gasteiger partial charge in [-0.1, -0.05) is 80.6 Å². The fourth-order valence-electron chi connectivity index (χ4n) is 4.74. The van der Waals surface area contributed by atoms with Crippen LogP contribution in [0.4, 0.5) is 0 Å². The SMILES string of the molecule is CC(C)Cc1ccc2nc(-c3cccc4ccccc34)c3sc4ccccc4c3c2c1. The smallest absolute Gasteiger partial charge is 0.0894 e. The normalized spacial score (nSPS) is 12.0. The maximum Gasteiger partial charge on any atom is 0.0894 e. The summed E-state index contributed by atoms with van der Waals surface area (Å²) in [7, 11) is 0. The van der Waals surface area contributed by atoms with Gasteiger partial charge >= 0.3 is 0 Å². The number of rotatable bonds is 3. The van der Waals surface area contributed by atoms with Crippen molar-refractivity contribution < 1.29 is 0 Å². The molecule has 0 aliphatic rings. The highest BCUT2D eigenvalue weighted by Gasteiger charge is 2.17. The summed E-state index contributed by atoms with van der Waals surface area (Å²) in [5.41, 5.74) is 4.77. The van der Waals surface area contributed by atoms with Gasteiger partial charge < -0.3 is 0 Å². The first-order valence-corrected chi connectivity index (χ1v) is 11.7. The Morgan fingerprint density at radius 3 is 2.42 bits per heavy atom. The Morgan fingerprint density at radius 2 is 1.55 bits per heavy atom. The van der Waals surface area contributed by atoms with E-state index in [9.17, 15) is 0 Å². The lowest BCUT2D eigenvalue weighted by molar-refractivity contribution is 0.648. The number of hydrogen-bond acceptors (Lipinski definition) is 2. The molecule has 0 amide bonds. The van der Waals surface area contributed by atoms with Gasteiger partial charge in [0.2, 0.25) is 0 Å². The van der Waals surface area contributed by atoms with Gasteiger partial charge in [-0.25, -0.2) is 4.98 Å². The molecule has 0 aliphatic heterocycles. The van der Waals surface area contributed by atoms with Crippen molar-refractivity contribution >= 4 is 53.2 Å².